The molecular weight excluding hydrogens is 743 g/mol. The minimum Gasteiger partial charge on any atom is -0.308 e. The SMILES string of the molecule is c1ccc(-c2nc(-c3ccccc3)nc(-c3ccc(-c4ccc(-c5nc6ccccc6c6c5c5ccccc5n6-c5ccc6ccccc6c5)cc4)c4ccccc34)n2)cc1. The zero-order valence-electron chi connectivity index (χ0n) is 32.9. The van der Waals surface area contributed by atoms with Crippen LogP contribution >= 0.6 is 0 Å². The van der Waals surface area contributed by atoms with E-state index in [2.05, 4.69) is 156 Å². The molecule has 0 bridgehead atoms. The summed E-state index contributed by atoms with van der Waals surface area (Å²) in [5.74, 6) is 1.93. The van der Waals surface area contributed by atoms with E-state index in [1.54, 1.807) is 0 Å². The van der Waals surface area contributed by atoms with Crippen molar-refractivity contribution in [3.63, 3.8) is 0 Å². The second kappa shape index (κ2) is 14.2. The summed E-state index contributed by atoms with van der Waals surface area (Å²) in [4.78, 5) is 20.5. The molecular formula is C56H35N5. The fourth-order valence-corrected chi connectivity index (χ4v) is 8.96. The highest BCUT2D eigenvalue weighted by molar-refractivity contribution is 6.22. The summed E-state index contributed by atoms with van der Waals surface area (Å²) in [6, 6.07) is 74.6. The first-order chi connectivity index (χ1) is 30.2. The van der Waals surface area contributed by atoms with Gasteiger partial charge >= 0.3 is 0 Å². The monoisotopic (exact) mass is 777 g/mol. The van der Waals surface area contributed by atoms with Gasteiger partial charge in [-0.15, -0.1) is 0 Å². The average molecular weight is 778 g/mol. The number of fused-ring (bicyclic) bond motifs is 7. The fourth-order valence-electron chi connectivity index (χ4n) is 8.96. The van der Waals surface area contributed by atoms with Crippen molar-refractivity contribution in [1.29, 1.82) is 0 Å². The summed E-state index contributed by atoms with van der Waals surface area (Å²) in [6.45, 7) is 0. The van der Waals surface area contributed by atoms with Crippen molar-refractivity contribution in [3.05, 3.63) is 212 Å². The Morgan fingerprint density at radius 3 is 1.59 bits per heavy atom. The Hall–Kier alpha value is -8.28. The van der Waals surface area contributed by atoms with Gasteiger partial charge in [-0.2, -0.15) is 0 Å². The molecule has 0 aliphatic carbocycles. The maximum atomic E-state index is 5.40. The van der Waals surface area contributed by atoms with Crippen molar-refractivity contribution in [2.75, 3.05) is 0 Å². The molecule has 12 rings (SSSR count). The molecule has 12 aromatic rings. The molecule has 0 atom stereocenters. The lowest BCUT2D eigenvalue weighted by Crippen LogP contribution is -2.00. The third-order valence-electron chi connectivity index (χ3n) is 11.8. The third-order valence-corrected chi connectivity index (χ3v) is 11.8. The number of aromatic nitrogens is 5. The van der Waals surface area contributed by atoms with Crippen LogP contribution in [0, 0.1) is 0 Å². The second-order valence-corrected chi connectivity index (χ2v) is 15.4. The molecule has 3 aromatic heterocycles. The second-order valence-electron chi connectivity index (χ2n) is 15.4. The van der Waals surface area contributed by atoms with Crippen LogP contribution in [0.15, 0.2) is 212 Å². The lowest BCUT2D eigenvalue weighted by Gasteiger charge is -2.14. The number of hydrogen-bond donors (Lipinski definition) is 0. The van der Waals surface area contributed by atoms with E-state index in [-0.39, 0.29) is 0 Å². The Morgan fingerprint density at radius 1 is 0.328 bits per heavy atom. The maximum absolute atomic E-state index is 5.40. The molecule has 3 heterocycles. The molecule has 0 aliphatic heterocycles. The van der Waals surface area contributed by atoms with Gasteiger partial charge in [-0.1, -0.05) is 182 Å². The van der Waals surface area contributed by atoms with E-state index in [4.69, 9.17) is 19.9 Å². The molecule has 0 fully saturated rings. The molecule has 0 radical (unpaired) electrons. The van der Waals surface area contributed by atoms with E-state index in [1.165, 1.54) is 16.2 Å². The van der Waals surface area contributed by atoms with E-state index in [1.807, 2.05) is 60.7 Å². The van der Waals surface area contributed by atoms with Gasteiger partial charge in [-0.05, 0) is 63.0 Å². The molecule has 0 saturated heterocycles. The average Bonchev–Trinajstić information content (AvgIpc) is 3.69. The van der Waals surface area contributed by atoms with E-state index < -0.39 is 0 Å². The first-order valence-corrected chi connectivity index (χ1v) is 20.6. The van der Waals surface area contributed by atoms with Crippen molar-refractivity contribution in [2.45, 2.75) is 0 Å². The highest BCUT2D eigenvalue weighted by Gasteiger charge is 2.21. The van der Waals surface area contributed by atoms with E-state index in [0.717, 1.165) is 82.9 Å². The maximum Gasteiger partial charge on any atom is 0.164 e. The fraction of sp³-hybridized carbons (Fsp3) is 0. The molecule has 0 N–H and O–H groups in total. The van der Waals surface area contributed by atoms with E-state index >= 15 is 0 Å². The third kappa shape index (κ3) is 5.86. The van der Waals surface area contributed by atoms with Gasteiger partial charge in [0.05, 0.1) is 22.2 Å². The minimum absolute atomic E-state index is 0.639. The van der Waals surface area contributed by atoms with Crippen molar-refractivity contribution in [2.24, 2.45) is 0 Å². The largest absolute Gasteiger partial charge is 0.308 e. The lowest BCUT2D eigenvalue weighted by molar-refractivity contribution is 1.08. The molecule has 0 aliphatic rings. The van der Waals surface area contributed by atoms with Crippen LogP contribution in [0.5, 0.6) is 0 Å². The molecule has 284 valence electrons. The first-order valence-electron chi connectivity index (χ1n) is 20.6. The Balaban J connectivity index is 1.00. The molecule has 0 amide bonds. The molecule has 5 nitrogen and oxygen atoms in total. The van der Waals surface area contributed by atoms with E-state index in [9.17, 15) is 0 Å². The van der Waals surface area contributed by atoms with Crippen LogP contribution in [-0.4, -0.2) is 24.5 Å². The van der Waals surface area contributed by atoms with Gasteiger partial charge in [0, 0.05) is 44.1 Å². The van der Waals surface area contributed by atoms with Gasteiger partial charge in [-0.3, -0.25) is 0 Å². The number of benzene rings is 9. The van der Waals surface area contributed by atoms with Crippen LogP contribution in [0.2, 0.25) is 0 Å². The van der Waals surface area contributed by atoms with Gasteiger partial charge in [0.15, 0.2) is 17.5 Å². The summed E-state index contributed by atoms with van der Waals surface area (Å²) in [5, 5.41) is 8.08. The summed E-state index contributed by atoms with van der Waals surface area (Å²) in [5.41, 5.74) is 11.5. The van der Waals surface area contributed by atoms with Crippen molar-refractivity contribution < 1.29 is 0 Å². The Morgan fingerprint density at radius 2 is 0.869 bits per heavy atom. The number of pyridine rings is 1. The van der Waals surface area contributed by atoms with Gasteiger partial charge in [0.1, 0.15) is 0 Å². The molecule has 0 saturated carbocycles. The number of hydrogen-bond acceptors (Lipinski definition) is 4. The Kier molecular flexibility index (Phi) is 8.10. The van der Waals surface area contributed by atoms with Gasteiger partial charge < -0.3 is 4.57 Å². The Bertz CT molecular complexity index is 3570. The van der Waals surface area contributed by atoms with Crippen LogP contribution in [0.3, 0.4) is 0 Å². The summed E-state index contributed by atoms with van der Waals surface area (Å²) in [7, 11) is 0. The zero-order valence-corrected chi connectivity index (χ0v) is 32.9. The molecule has 0 unspecified atom stereocenters. The van der Waals surface area contributed by atoms with Crippen LogP contribution in [-0.2, 0) is 0 Å². The standard InChI is InChI=1S/C56H35N5/c1-3-16-39(17-4-1)54-58-55(40-18-5-2-6-19-40)60-56(59-54)46-34-33-43(44-21-9-10-22-45(44)46)37-27-29-38(30-28-37)52-51-48-24-12-14-26-50(48)61(53(51)47-23-11-13-25-49(47)57-52)42-32-31-36-15-7-8-20-41(36)35-42/h1-35H. The van der Waals surface area contributed by atoms with Crippen molar-refractivity contribution in [3.8, 4) is 62.2 Å². The quantitative estimate of drug-likeness (QED) is 0.169. The number of rotatable bonds is 6. The normalized spacial score (nSPS) is 11.6. The van der Waals surface area contributed by atoms with Crippen LogP contribution < -0.4 is 0 Å². The lowest BCUT2D eigenvalue weighted by atomic mass is 9.93. The van der Waals surface area contributed by atoms with Gasteiger partial charge in [-0.25, -0.2) is 19.9 Å². The molecule has 9 aromatic carbocycles. The molecule has 0 spiro atoms. The Labute approximate surface area is 351 Å². The van der Waals surface area contributed by atoms with Gasteiger partial charge in [0.2, 0.25) is 0 Å². The number of para-hydroxylation sites is 2. The summed E-state index contributed by atoms with van der Waals surface area (Å²) in [6.07, 6.45) is 0. The van der Waals surface area contributed by atoms with Crippen molar-refractivity contribution in [1.82, 2.24) is 24.5 Å². The van der Waals surface area contributed by atoms with Gasteiger partial charge in [0.25, 0.3) is 0 Å². The molecule has 61 heavy (non-hydrogen) atoms. The topological polar surface area (TPSA) is 56.5 Å². The molecule has 5 heteroatoms. The van der Waals surface area contributed by atoms with E-state index in [0.29, 0.717) is 17.5 Å². The van der Waals surface area contributed by atoms with Crippen LogP contribution in [0.1, 0.15) is 0 Å². The predicted octanol–water partition coefficient (Wildman–Crippen LogP) is 14.2. The zero-order chi connectivity index (χ0) is 40.3. The number of nitrogens with zero attached hydrogens (tertiary/aromatic N) is 5. The highest BCUT2D eigenvalue weighted by Crippen LogP contribution is 2.42. The highest BCUT2D eigenvalue weighted by atomic mass is 15.0. The summed E-state index contributed by atoms with van der Waals surface area (Å²) < 4.78 is 2.42. The van der Waals surface area contributed by atoms with Crippen molar-refractivity contribution >= 4 is 54.3 Å². The predicted molar refractivity (Wildman–Crippen MR) is 252 cm³/mol. The summed E-state index contributed by atoms with van der Waals surface area (Å²) >= 11 is 0. The van der Waals surface area contributed by atoms with Crippen LogP contribution in [0.4, 0.5) is 0 Å². The smallest absolute Gasteiger partial charge is 0.164 e. The minimum atomic E-state index is 0.639. The first kappa shape index (κ1) is 34.7. The van der Waals surface area contributed by atoms with Crippen LogP contribution in [0.25, 0.3) is 116 Å².